The highest BCUT2D eigenvalue weighted by atomic mass is 32.1. The molecule has 0 aromatic carbocycles. The van der Waals surface area contributed by atoms with Gasteiger partial charge in [0.15, 0.2) is 0 Å². The molecule has 21 heavy (non-hydrogen) atoms. The van der Waals surface area contributed by atoms with Crippen molar-refractivity contribution in [1.29, 1.82) is 0 Å². The van der Waals surface area contributed by atoms with Crippen molar-refractivity contribution in [3.63, 3.8) is 0 Å². The van der Waals surface area contributed by atoms with Gasteiger partial charge in [-0.2, -0.15) is 4.37 Å². The monoisotopic (exact) mass is 310 g/mol. The summed E-state index contributed by atoms with van der Waals surface area (Å²) in [6.07, 6.45) is 0.989. The van der Waals surface area contributed by atoms with Gasteiger partial charge in [0, 0.05) is 49.0 Å². The molecule has 1 aromatic heterocycles. The van der Waals surface area contributed by atoms with Crippen molar-refractivity contribution in [3.05, 3.63) is 5.82 Å². The lowest BCUT2D eigenvalue weighted by Crippen LogP contribution is -2.37. The summed E-state index contributed by atoms with van der Waals surface area (Å²) in [7, 11) is 0. The largest absolute Gasteiger partial charge is 0.345 e. The second-order valence-corrected chi connectivity index (χ2v) is 7.70. The van der Waals surface area contributed by atoms with Crippen LogP contribution in [-0.4, -0.2) is 46.3 Å². The molecule has 0 radical (unpaired) electrons. The van der Waals surface area contributed by atoms with Gasteiger partial charge in [0.05, 0.1) is 0 Å². The molecule has 1 aromatic rings. The van der Waals surface area contributed by atoms with Crippen molar-refractivity contribution in [2.75, 3.05) is 31.1 Å². The summed E-state index contributed by atoms with van der Waals surface area (Å²) in [4.78, 5) is 21.0. The van der Waals surface area contributed by atoms with E-state index >= 15 is 0 Å². The van der Waals surface area contributed by atoms with Gasteiger partial charge in [0.1, 0.15) is 5.82 Å². The van der Waals surface area contributed by atoms with Gasteiger partial charge in [0.2, 0.25) is 11.0 Å². The zero-order valence-electron chi connectivity index (χ0n) is 13.7. The number of hydrogen-bond donors (Lipinski definition) is 0. The maximum atomic E-state index is 12.1. The molecule has 6 heteroatoms. The third kappa shape index (κ3) is 3.93. The van der Waals surface area contributed by atoms with Crippen molar-refractivity contribution in [1.82, 2.24) is 14.3 Å². The molecule has 0 N–H and O–H groups in total. The van der Waals surface area contributed by atoms with E-state index in [2.05, 4.69) is 35.0 Å². The molecule has 1 aliphatic rings. The molecule has 1 aliphatic heterocycles. The Bertz CT molecular complexity index is 492. The van der Waals surface area contributed by atoms with Crippen LogP contribution in [0.5, 0.6) is 0 Å². The van der Waals surface area contributed by atoms with Gasteiger partial charge in [-0.1, -0.05) is 34.6 Å². The molecule has 2 rings (SSSR count). The molecule has 0 spiro atoms. The summed E-state index contributed by atoms with van der Waals surface area (Å²) < 4.78 is 4.48. The number of hydrogen-bond acceptors (Lipinski definition) is 5. The van der Waals surface area contributed by atoms with Crippen molar-refractivity contribution in [2.45, 2.75) is 46.5 Å². The first kappa shape index (κ1) is 16.2. The summed E-state index contributed by atoms with van der Waals surface area (Å²) in [5.74, 6) is 1.23. The van der Waals surface area contributed by atoms with Gasteiger partial charge in [-0.05, 0) is 6.42 Å². The Kier molecular flexibility index (Phi) is 4.86. The van der Waals surface area contributed by atoms with Crippen LogP contribution >= 0.6 is 11.5 Å². The van der Waals surface area contributed by atoms with E-state index in [-0.39, 0.29) is 17.2 Å². The zero-order valence-corrected chi connectivity index (χ0v) is 14.5. The Morgan fingerprint density at radius 1 is 1.19 bits per heavy atom. The minimum Gasteiger partial charge on any atom is -0.345 e. The van der Waals surface area contributed by atoms with Crippen LogP contribution in [0.4, 0.5) is 5.13 Å². The molecule has 0 saturated carbocycles. The van der Waals surface area contributed by atoms with Gasteiger partial charge in [0.25, 0.3) is 0 Å². The predicted molar refractivity (Wildman–Crippen MR) is 86.9 cm³/mol. The lowest BCUT2D eigenvalue weighted by molar-refractivity contribution is -0.134. The molecule has 1 fully saturated rings. The van der Waals surface area contributed by atoms with Gasteiger partial charge >= 0.3 is 0 Å². The van der Waals surface area contributed by atoms with E-state index in [1.807, 2.05) is 18.7 Å². The van der Waals surface area contributed by atoms with Crippen LogP contribution in [0.2, 0.25) is 0 Å². The van der Waals surface area contributed by atoms with Crippen molar-refractivity contribution in [2.24, 2.45) is 5.92 Å². The van der Waals surface area contributed by atoms with E-state index in [4.69, 9.17) is 0 Å². The average molecular weight is 310 g/mol. The lowest BCUT2D eigenvalue weighted by Gasteiger charge is -2.23. The summed E-state index contributed by atoms with van der Waals surface area (Å²) in [5, 5.41) is 0.985. The standard InChI is InChI=1S/C15H26N4OS/c1-11(2)12(20)18-7-6-8-19(10-9-18)14-16-13(17-21-14)15(3,4)5/h11H,6-10H2,1-5H3. The Hall–Kier alpha value is -1.17. The number of aromatic nitrogens is 2. The van der Waals surface area contributed by atoms with E-state index in [0.29, 0.717) is 0 Å². The van der Waals surface area contributed by atoms with Crippen LogP contribution in [0, 0.1) is 5.92 Å². The summed E-state index contributed by atoms with van der Waals surface area (Å²) in [6.45, 7) is 13.7. The fourth-order valence-electron chi connectivity index (χ4n) is 2.34. The molecule has 0 aliphatic carbocycles. The molecular formula is C15H26N4OS. The number of anilines is 1. The molecular weight excluding hydrogens is 284 g/mol. The third-order valence-electron chi connectivity index (χ3n) is 3.66. The summed E-state index contributed by atoms with van der Waals surface area (Å²) in [6, 6.07) is 0. The molecule has 0 atom stereocenters. The number of carbonyl (C=O) groups excluding carboxylic acids is 1. The van der Waals surface area contributed by atoms with Crippen LogP contribution in [0.15, 0.2) is 0 Å². The fraction of sp³-hybridized carbons (Fsp3) is 0.800. The first-order chi connectivity index (χ1) is 9.79. The summed E-state index contributed by atoms with van der Waals surface area (Å²) in [5.41, 5.74) is -0.0136. The highest BCUT2D eigenvalue weighted by Gasteiger charge is 2.25. The lowest BCUT2D eigenvalue weighted by atomic mass is 9.96. The van der Waals surface area contributed by atoms with Gasteiger partial charge in [-0.15, -0.1) is 0 Å². The minimum absolute atomic E-state index is 0.0136. The van der Waals surface area contributed by atoms with E-state index in [1.165, 1.54) is 11.5 Å². The quantitative estimate of drug-likeness (QED) is 0.842. The van der Waals surface area contributed by atoms with Gasteiger partial charge < -0.3 is 9.80 Å². The minimum atomic E-state index is -0.0136. The first-order valence-electron chi connectivity index (χ1n) is 7.67. The molecule has 5 nitrogen and oxygen atoms in total. The van der Waals surface area contributed by atoms with E-state index in [1.54, 1.807) is 0 Å². The SMILES string of the molecule is CC(C)C(=O)N1CCCN(c2nc(C(C)(C)C)ns2)CC1. The maximum Gasteiger partial charge on any atom is 0.225 e. The topological polar surface area (TPSA) is 49.3 Å². The Balaban J connectivity index is 2.03. The number of carbonyl (C=O) groups is 1. The maximum absolute atomic E-state index is 12.1. The second kappa shape index (κ2) is 6.30. The zero-order chi connectivity index (χ0) is 15.6. The third-order valence-corrected chi connectivity index (χ3v) is 4.44. The fourth-order valence-corrected chi connectivity index (χ4v) is 3.25. The Morgan fingerprint density at radius 2 is 1.90 bits per heavy atom. The molecule has 118 valence electrons. The Morgan fingerprint density at radius 3 is 2.48 bits per heavy atom. The highest BCUT2D eigenvalue weighted by Crippen LogP contribution is 2.26. The molecule has 0 bridgehead atoms. The smallest absolute Gasteiger partial charge is 0.225 e. The molecule has 1 saturated heterocycles. The van der Waals surface area contributed by atoms with Crippen LogP contribution in [-0.2, 0) is 10.2 Å². The van der Waals surface area contributed by atoms with Crippen molar-refractivity contribution >= 4 is 22.6 Å². The van der Waals surface area contributed by atoms with Crippen molar-refractivity contribution < 1.29 is 4.79 Å². The highest BCUT2D eigenvalue weighted by molar-refractivity contribution is 7.09. The second-order valence-electron chi connectivity index (χ2n) is 6.97. The number of rotatable bonds is 2. The predicted octanol–water partition coefficient (Wildman–Crippen LogP) is 2.53. The van der Waals surface area contributed by atoms with Crippen molar-refractivity contribution in [3.8, 4) is 0 Å². The first-order valence-corrected chi connectivity index (χ1v) is 8.44. The average Bonchev–Trinajstić information content (AvgIpc) is 2.77. The number of amides is 1. The Labute approximate surface area is 131 Å². The molecule has 0 unspecified atom stereocenters. The summed E-state index contributed by atoms with van der Waals surface area (Å²) >= 11 is 1.47. The van der Waals surface area contributed by atoms with E-state index < -0.39 is 0 Å². The van der Waals surface area contributed by atoms with Crippen LogP contribution < -0.4 is 4.90 Å². The van der Waals surface area contributed by atoms with Crippen LogP contribution in [0.3, 0.4) is 0 Å². The van der Waals surface area contributed by atoms with E-state index in [9.17, 15) is 4.79 Å². The van der Waals surface area contributed by atoms with Crippen LogP contribution in [0.1, 0.15) is 46.9 Å². The number of nitrogens with zero attached hydrogens (tertiary/aromatic N) is 4. The van der Waals surface area contributed by atoms with Gasteiger partial charge in [-0.25, -0.2) is 4.98 Å². The van der Waals surface area contributed by atoms with Gasteiger partial charge in [-0.3, -0.25) is 4.79 Å². The molecule has 2 heterocycles. The van der Waals surface area contributed by atoms with E-state index in [0.717, 1.165) is 43.6 Å². The normalized spacial score (nSPS) is 17.2. The molecule has 1 amide bonds. The van der Waals surface area contributed by atoms with Crippen LogP contribution in [0.25, 0.3) is 0 Å².